The summed E-state index contributed by atoms with van der Waals surface area (Å²) in [6, 6.07) is 17.5. The van der Waals surface area contributed by atoms with Crippen LogP contribution in [0.15, 0.2) is 60.8 Å². The Morgan fingerprint density at radius 3 is 2.50 bits per heavy atom. The summed E-state index contributed by atoms with van der Waals surface area (Å²) in [6.07, 6.45) is 3.48. The van der Waals surface area contributed by atoms with E-state index >= 15 is 0 Å². The van der Waals surface area contributed by atoms with Crippen molar-refractivity contribution in [3.8, 4) is 0 Å². The smallest absolute Gasteiger partial charge is 0.790 e. The van der Waals surface area contributed by atoms with E-state index in [1.165, 1.54) is 0 Å². The molecule has 198 valence electrons. The number of carbonyl (C=O) groups excluding carboxylic acids is 1. The number of nitrogens with one attached hydrogen (secondary N) is 2. The third-order valence-corrected chi connectivity index (χ3v) is 7.84. The Morgan fingerprint density at radius 1 is 1.10 bits per heavy atom. The van der Waals surface area contributed by atoms with Gasteiger partial charge in [-0.1, -0.05) is 35.9 Å². The minimum absolute atomic E-state index is 0. The number of phosphoric acid groups is 1. The Labute approximate surface area is 278 Å². The van der Waals surface area contributed by atoms with Gasteiger partial charge in [-0.25, -0.2) is 0 Å². The first-order valence-corrected chi connectivity index (χ1v) is 14.1. The maximum absolute atomic E-state index is 13.9. The van der Waals surface area contributed by atoms with Gasteiger partial charge in [-0.15, -0.1) is 0 Å². The SMILES string of the molecule is Cc1ccc(C(NC(=O)C2(c3ccc4[nH]cc(CCOP(=O)([O-])[O-])c4c3)CC2)c2cccc(C)n2)c(C)c1.[Na+].[Na+]. The van der Waals surface area contributed by atoms with Gasteiger partial charge in [0.2, 0.25) is 5.91 Å². The first-order valence-electron chi connectivity index (χ1n) is 12.6. The largest absolute Gasteiger partial charge is 1.00 e. The van der Waals surface area contributed by atoms with E-state index in [0.29, 0.717) is 0 Å². The Kier molecular flexibility index (Phi) is 11.1. The average molecular weight is 578 g/mol. The second kappa shape index (κ2) is 13.3. The molecule has 2 N–H and O–H groups in total. The van der Waals surface area contributed by atoms with Crippen molar-refractivity contribution >= 4 is 24.6 Å². The van der Waals surface area contributed by atoms with Gasteiger partial charge in [0.15, 0.2) is 0 Å². The molecule has 2 heterocycles. The van der Waals surface area contributed by atoms with Gasteiger partial charge in [0, 0.05) is 22.8 Å². The molecule has 1 aliphatic carbocycles. The van der Waals surface area contributed by atoms with Crippen molar-refractivity contribution in [3.05, 3.63) is 100.0 Å². The Bertz CT molecular complexity index is 1560. The zero-order valence-electron chi connectivity index (χ0n) is 23.6. The molecule has 2 aromatic heterocycles. The fraction of sp³-hybridized carbons (Fsp3) is 0.310. The summed E-state index contributed by atoms with van der Waals surface area (Å²) < 4.78 is 15.2. The minimum Gasteiger partial charge on any atom is -0.790 e. The Morgan fingerprint density at radius 2 is 1.85 bits per heavy atom. The molecule has 11 heteroatoms. The summed E-state index contributed by atoms with van der Waals surface area (Å²) in [7, 11) is -5.03. The van der Waals surface area contributed by atoms with E-state index in [-0.39, 0.29) is 84.1 Å². The number of rotatable bonds is 9. The van der Waals surface area contributed by atoms with Crippen LogP contribution in [0.3, 0.4) is 0 Å². The number of nitrogens with zero attached hydrogens (tertiary/aromatic N) is 1. The van der Waals surface area contributed by atoms with E-state index in [1.54, 1.807) is 6.20 Å². The standard InChI is InChI=1S/C29H32N3O5P.2Na/c1-18-7-9-23(19(2)15-18)27(26-6-4-5-20(3)31-26)32-28(33)29(12-13-29)22-8-10-25-24(16-22)21(17-30-25)11-14-37-38(34,35)36;;/h4-10,15-17,27,30H,11-14H2,1-3H3,(H,32,33)(H2,34,35,36);;/q;2*+1/p-2. The predicted molar refractivity (Wildman–Crippen MR) is 141 cm³/mol. The molecule has 1 amide bonds. The fourth-order valence-corrected chi connectivity index (χ4v) is 5.49. The van der Waals surface area contributed by atoms with Crippen LogP contribution in [0.4, 0.5) is 0 Å². The zero-order chi connectivity index (χ0) is 27.1. The molecule has 8 nitrogen and oxygen atoms in total. The van der Waals surface area contributed by atoms with Gasteiger partial charge in [-0.3, -0.25) is 9.78 Å². The molecule has 4 aromatic rings. The molecule has 0 spiro atoms. The number of amides is 1. The molecule has 2 aromatic carbocycles. The molecule has 0 saturated heterocycles. The van der Waals surface area contributed by atoms with Crippen molar-refractivity contribution in [1.82, 2.24) is 15.3 Å². The molecule has 1 aliphatic rings. The van der Waals surface area contributed by atoms with Gasteiger partial charge in [-0.2, -0.15) is 0 Å². The normalized spacial score (nSPS) is 14.6. The summed E-state index contributed by atoms with van der Waals surface area (Å²) >= 11 is 0. The Hall–Kier alpha value is -1.29. The monoisotopic (exact) mass is 577 g/mol. The van der Waals surface area contributed by atoms with Crippen molar-refractivity contribution < 1.29 is 82.8 Å². The third-order valence-electron chi connectivity index (χ3n) is 7.34. The predicted octanol–water partition coefficient (Wildman–Crippen LogP) is -2.18. The molecule has 0 aliphatic heterocycles. The van der Waals surface area contributed by atoms with Crippen molar-refractivity contribution in [2.45, 2.75) is 51.5 Å². The van der Waals surface area contributed by atoms with Crippen LogP contribution >= 0.6 is 7.82 Å². The number of hydrogen-bond donors (Lipinski definition) is 2. The number of fused-ring (bicyclic) bond motifs is 1. The number of aromatic amines is 1. The molecule has 0 bridgehead atoms. The van der Waals surface area contributed by atoms with Crippen molar-refractivity contribution in [2.24, 2.45) is 0 Å². The van der Waals surface area contributed by atoms with Crippen molar-refractivity contribution in [3.63, 3.8) is 0 Å². The molecule has 1 saturated carbocycles. The van der Waals surface area contributed by atoms with Gasteiger partial charge in [0.1, 0.15) is 0 Å². The molecule has 40 heavy (non-hydrogen) atoms. The van der Waals surface area contributed by atoms with Crippen LogP contribution in [0.2, 0.25) is 0 Å². The maximum Gasteiger partial charge on any atom is 1.00 e. The maximum atomic E-state index is 13.9. The van der Waals surface area contributed by atoms with Gasteiger partial charge < -0.3 is 29.2 Å². The first-order chi connectivity index (χ1) is 18.1. The molecule has 5 rings (SSSR count). The number of H-pyrrole nitrogens is 1. The van der Waals surface area contributed by atoms with Crippen LogP contribution < -0.4 is 74.2 Å². The summed E-state index contributed by atoms with van der Waals surface area (Å²) in [6.45, 7) is 5.81. The summed E-state index contributed by atoms with van der Waals surface area (Å²) in [5, 5.41) is 4.19. The number of phosphoric ester groups is 1. The number of aryl methyl sites for hydroxylation is 3. The number of pyridine rings is 1. The number of benzene rings is 2. The summed E-state index contributed by atoms with van der Waals surface area (Å²) in [5.41, 5.74) is 6.86. The van der Waals surface area contributed by atoms with Crippen LogP contribution in [0.1, 0.15) is 58.1 Å². The second-order valence-corrected chi connectivity index (χ2v) is 11.3. The second-order valence-electron chi connectivity index (χ2n) is 10.2. The first kappa shape index (κ1) is 33.2. The molecule has 1 atom stereocenters. The minimum atomic E-state index is -5.03. The number of hydrogen-bond acceptors (Lipinski definition) is 6. The van der Waals surface area contributed by atoms with Gasteiger partial charge in [0.05, 0.1) is 31.6 Å². The van der Waals surface area contributed by atoms with Crippen LogP contribution in [0.5, 0.6) is 0 Å². The quantitative estimate of drug-likeness (QED) is 0.172. The molecular formula is C29H30N3Na2O5P. The van der Waals surface area contributed by atoms with Crippen LogP contribution in [-0.4, -0.2) is 22.5 Å². The average Bonchev–Trinajstić information content (AvgIpc) is 3.58. The molecular weight excluding hydrogens is 547 g/mol. The van der Waals surface area contributed by atoms with E-state index in [9.17, 15) is 19.1 Å². The van der Waals surface area contributed by atoms with E-state index in [4.69, 9.17) is 4.98 Å². The van der Waals surface area contributed by atoms with Crippen LogP contribution in [0, 0.1) is 20.8 Å². The van der Waals surface area contributed by atoms with Gasteiger partial charge in [0.25, 0.3) is 0 Å². The fourth-order valence-electron chi connectivity index (χ4n) is 5.18. The molecule has 1 unspecified atom stereocenters. The van der Waals surface area contributed by atoms with Crippen molar-refractivity contribution in [2.75, 3.05) is 6.61 Å². The van der Waals surface area contributed by atoms with E-state index in [2.05, 4.69) is 27.0 Å². The third kappa shape index (κ3) is 7.37. The van der Waals surface area contributed by atoms with Crippen molar-refractivity contribution in [1.29, 1.82) is 0 Å². The van der Waals surface area contributed by atoms with E-state index < -0.39 is 13.2 Å². The number of carbonyl (C=O) groups is 1. The summed E-state index contributed by atoms with van der Waals surface area (Å²) in [5.74, 6) is -0.0517. The van der Waals surface area contributed by atoms with Gasteiger partial charge in [-0.05, 0) is 86.6 Å². The molecule has 0 radical (unpaired) electrons. The zero-order valence-corrected chi connectivity index (χ0v) is 28.5. The van der Waals surface area contributed by atoms with Crippen LogP contribution in [-0.2, 0) is 25.7 Å². The summed E-state index contributed by atoms with van der Waals surface area (Å²) in [4.78, 5) is 43.5. The number of aromatic nitrogens is 2. The van der Waals surface area contributed by atoms with E-state index in [0.717, 1.165) is 62.9 Å². The Balaban J connectivity index is 0.00000220. The van der Waals surface area contributed by atoms with Gasteiger partial charge >= 0.3 is 59.1 Å². The topological polar surface area (TPSA) is 130 Å². The van der Waals surface area contributed by atoms with E-state index in [1.807, 2.05) is 63.2 Å². The van der Waals surface area contributed by atoms with Crippen LogP contribution in [0.25, 0.3) is 10.9 Å². The molecule has 1 fully saturated rings.